The van der Waals surface area contributed by atoms with Crippen molar-refractivity contribution in [2.45, 2.75) is 32.7 Å². The van der Waals surface area contributed by atoms with Gasteiger partial charge in [0.05, 0.1) is 0 Å². The number of carbonyl (C=O) groups excluding carboxylic acids is 2. The molecular formula is C13H18N2O2. The number of nitrogens with two attached hydrogens (primary N) is 1. The normalized spacial score (nSPS) is 10.3. The number of nitrogens with one attached hydrogen (secondary N) is 1. The smallest absolute Gasteiger partial charge is 0.220 e. The third-order valence-corrected chi connectivity index (χ3v) is 2.26. The standard InChI is InChI=1S/C13H18N2O2/c1-9(2)15-13(17)8-7-12(16)10-3-5-11(14)6-4-10/h3-6,9H,7-8,14H2,1-2H3,(H,15,17). The van der Waals surface area contributed by atoms with E-state index >= 15 is 0 Å². The Balaban J connectivity index is 2.45. The second kappa shape index (κ2) is 6.03. The molecule has 0 aliphatic rings. The predicted molar refractivity (Wildman–Crippen MR) is 67.7 cm³/mol. The Kier molecular flexibility index (Phi) is 4.69. The van der Waals surface area contributed by atoms with Crippen molar-refractivity contribution in [3.63, 3.8) is 0 Å². The van der Waals surface area contributed by atoms with Crippen molar-refractivity contribution in [1.82, 2.24) is 5.32 Å². The number of anilines is 1. The highest BCUT2D eigenvalue weighted by molar-refractivity contribution is 5.98. The Hall–Kier alpha value is -1.84. The van der Waals surface area contributed by atoms with Crippen LogP contribution in [0, 0.1) is 0 Å². The van der Waals surface area contributed by atoms with Crippen molar-refractivity contribution in [2.75, 3.05) is 5.73 Å². The summed E-state index contributed by atoms with van der Waals surface area (Å²) in [5, 5.41) is 2.75. The molecule has 1 rings (SSSR count). The summed E-state index contributed by atoms with van der Waals surface area (Å²) in [6.45, 7) is 3.78. The van der Waals surface area contributed by atoms with Crippen LogP contribution < -0.4 is 11.1 Å². The second-order valence-electron chi connectivity index (χ2n) is 4.27. The van der Waals surface area contributed by atoms with Gasteiger partial charge in [-0.1, -0.05) is 0 Å². The van der Waals surface area contributed by atoms with Gasteiger partial charge in [-0.25, -0.2) is 0 Å². The Labute approximate surface area is 101 Å². The van der Waals surface area contributed by atoms with E-state index in [1.165, 1.54) is 0 Å². The van der Waals surface area contributed by atoms with Crippen molar-refractivity contribution in [1.29, 1.82) is 0 Å². The first kappa shape index (κ1) is 13.2. The molecule has 0 bridgehead atoms. The summed E-state index contributed by atoms with van der Waals surface area (Å²) in [4.78, 5) is 23.1. The minimum absolute atomic E-state index is 0.0380. The van der Waals surface area contributed by atoms with Gasteiger partial charge in [-0.15, -0.1) is 0 Å². The summed E-state index contributed by atoms with van der Waals surface area (Å²) < 4.78 is 0. The molecule has 0 heterocycles. The van der Waals surface area contributed by atoms with E-state index in [1.54, 1.807) is 24.3 Å². The molecule has 0 unspecified atom stereocenters. The Bertz CT molecular complexity index is 396. The SMILES string of the molecule is CC(C)NC(=O)CCC(=O)c1ccc(N)cc1. The largest absolute Gasteiger partial charge is 0.399 e. The average molecular weight is 234 g/mol. The number of carbonyl (C=O) groups is 2. The van der Waals surface area contributed by atoms with E-state index in [0.29, 0.717) is 11.3 Å². The van der Waals surface area contributed by atoms with E-state index in [1.807, 2.05) is 13.8 Å². The lowest BCUT2D eigenvalue weighted by Crippen LogP contribution is -2.30. The van der Waals surface area contributed by atoms with Gasteiger partial charge in [0.2, 0.25) is 5.91 Å². The van der Waals surface area contributed by atoms with Crippen LogP contribution in [0.1, 0.15) is 37.0 Å². The first-order chi connectivity index (χ1) is 7.99. The van der Waals surface area contributed by atoms with E-state index in [2.05, 4.69) is 5.32 Å². The van der Waals surface area contributed by atoms with Gasteiger partial charge in [0, 0.05) is 30.1 Å². The van der Waals surface area contributed by atoms with Gasteiger partial charge in [0.1, 0.15) is 0 Å². The molecule has 0 fully saturated rings. The fourth-order valence-electron chi connectivity index (χ4n) is 1.43. The molecule has 0 saturated heterocycles. The molecule has 4 heteroatoms. The summed E-state index contributed by atoms with van der Waals surface area (Å²) in [7, 11) is 0. The summed E-state index contributed by atoms with van der Waals surface area (Å²) >= 11 is 0. The van der Waals surface area contributed by atoms with Gasteiger partial charge < -0.3 is 11.1 Å². The highest BCUT2D eigenvalue weighted by Gasteiger charge is 2.09. The maximum Gasteiger partial charge on any atom is 0.220 e. The molecule has 0 aromatic heterocycles. The van der Waals surface area contributed by atoms with Crippen LogP contribution in [-0.4, -0.2) is 17.7 Å². The molecule has 1 amide bonds. The van der Waals surface area contributed by atoms with Crippen LogP contribution in [0.2, 0.25) is 0 Å². The minimum atomic E-state index is -0.0937. The Morgan fingerprint density at radius 3 is 2.29 bits per heavy atom. The topological polar surface area (TPSA) is 72.2 Å². The molecule has 0 atom stereocenters. The molecule has 0 aliphatic carbocycles. The predicted octanol–water partition coefficient (Wildman–Crippen LogP) is 1.76. The Morgan fingerprint density at radius 1 is 1.18 bits per heavy atom. The maximum atomic E-state index is 11.7. The monoisotopic (exact) mass is 234 g/mol. The van der Waals surface area contributed by atoms with Gasteiger partial charge >= 0.3 is 0 Å². The van der Waals surface area contributed by atoms with Crippen molar-refractivity contribution < 1.29 is 9.59 Å². The first-order valence-corrected chi connectivity index (χ1v) is 5.67. The number of benzene rings is 1. The average Bonchev–Trinajstić information content (AvgIpc) is 2.26. The fraction of sp³-hybridized carbons (Fsp3) is 0.385. The Morgan fingerprint density at radius 2 is 1.76 bits per heavy atom. The maximum absolute atomic E-state index is 11.7. The molecule has 0 saturated carbocycles. The van der Waals surface area contributed by atoms with Crippen molar-refractivity contribution in [3.8, 4) is 0 Å². The number of rotatable bonds is 5. The number of hydrogen-bond acceptors (Lipinski definition) is 3. The van der Waals surface area contributed by atoms with E-state index in [-0.39, 0.29) is 30.6 Å². The van der Waals surface area contributed by atoms with E-state index < -0.39 is 0 Å². The van der Waals surface area contributed by atoms with E-state index in [0.717, 1.165) is 0 Å². The zero-order valence-corrected chi connectivity index (χ0v) is 10.2. The fourth-order valence-corrected chi connectivity index (χ4v) is 1.43. The lowest BCUT2D eigenvalue weighted by molar-refractivity contribution is -0.121. The summed E-state index contributed by atoms with van der Waals surface area (Å²) in [6.07, 6.45) is 0.448. The van der Waals surface area contributed by atoms with Crippen molar-refractivity contribution in [3.05, 3.63) is 29.8 Å². The van der Waals surface area contributed by atoms with Crippen LogP contribution in [0.5, 0.6) is 0 Å². The van der Waals surface area contributed by atoms with Crippen LogP contribution in [0.3, 0.4) is 0 Å². The van der Waals surface area contributed by atoms with Crippen molar-refractivity contribution >= 4 is 17.4 Å². The number of ketones is 1. The van der Waals surface area contributed by atoms with Crippen molar-refractivity contribution in [2.24, 2.45) is 0 Å². The molecule has 0 aliphatic heterocycles. The number of nitrogen functional groups attached to an aromatic ring is 1. The lowest BCUT2D eigenvalue weighted by Gasteiger charge is -2.07. The van der Waals surface area contributed by atoms with Gasteiger partial charge in [-0.3, -0.25) is 9.59 Å². The van der Waals surface area contributed by atoms with Gasteiger partial charge in [-0.2, -0.15) is 0 Å². The van der Waals surface area contributed by atoms with Crippen LogP contribution >= 0.6 is 0 Å². The van der Waals surface area contributed by atoms with Crippen LogP contribution in [0.4, 0.5) is 5.69 Å². The molecular weight excluding hydrogens is 216 g/mol. The van der Waals surface area contributed by atoms with Crippen LogP contribution in [-0.2, 0) is 4.79 Å². The lowest BCUT2D eigenvalue weighted by atomic mass is 10.1. The highest BCUT2D eigenvalue weighted by Crippen LogP contribution is 2.09. The third-order valence-electron chi connectivity index (χ3n) is 2.26. The molecule has 0 radical (unpaired) electrons. The molecule has 1 aromatic carbocycles. The minimum Gasteiger partial charge on any atom is -0.399 e. The van der Waals surface area contributed by atoms with Gasteiger partial charge in [0.25, 0.3) is 0 Å². The highest BCUT2D eigenvalue weighted by atomic mass is 16.2. The molecule has 3 N–H and O–H groups in total. The molecule has 17 heavy (non-hydrogen) atoms. The quantitative estimate of drug-likeness (QED) is 0.602. The molecule has 4 nitrogen and oxygen atoms in total. The van der Waals surface area contributed by atoms with Gasteiger partial charge in [0.15, 0.2) is 5.78 Å². The number of Topliss-reactive ketones (excluding diaryl/α,β-unsaturated/α-hetero) is 1. The number of amides is 1. The van der Waals surface area contributed by atoms with Crippen LogP contribution in [0.15, 0.2) is 24.3 Å². The van der Waals surface area contributed by atoms with E-state index in [4.69, 9.17) is 5.73 Å². The van der Waals surface area contributed by atoms with E-state index in [9.17, 15) is 9.59 Å². The van der Waals surface area contributed by atoms with Crippen LogP contribution in [0.25, 0.3) is 0 Å². The van der Waals surface area contributed by atoms with Gasteiger partial charge in [-0.05, 0) is 38.1 Å². The zero-order chi connectivity index (χ0) is 12.8. The third kappa shape index (κ3) is 4.68. The first-order valence-electron chi connectivity index (χ1n) is 5.67. The summed E-state index contributed by atoms with van der Waals surface area (Å²) in [6, 6.07) is 6.83. The number of hydrogen-bond donors (Lipinski definition) is 2. The summed E-state index contributed by atoms with van der Waals surface area (Å²) in [5.41, 5.74) is 6.75. The second-order valence-corrected chi connectivity index (χ2v) is 4.27. The summed E-state index contributed by atoms with van der Waals surface area (Å²) in [5.74, 6) is -0.132. The molecule has 0 spiro atoms. The molecule has 92 valence electrons. The molecule has 1 aromatic rings. The zero-order valence-electron chi connectivity index (χ0n) is 10.2.